The number of aromatic nitrogens is 2. The van der Waals surface area contributed by atoms with E-state index in [1.54, 1.807) is 0 Å². The Labute approximate surface area is 95.1 Å². The monoisotopic (exact) mass is 236 g/mol. The lowest BCUT2D eigenvalue weighted by Gasteiger charge is -1.89. The minimum Gasteiger partial charge on any atom is -0.478 e. The van der Waals surface area contributed by atoms with Gasteiger partial charge in [0.1, 0.15) is 0 Å². The van der Waals surface area contributed by atoms with Crippen LogP contribution in [0.2, 0.25) is 0 Å². The number of carbonyl (C=O) groups is 3. The highest BCUT2D eigenvalue weighted by molar-refractivity contribution is 6.11. The molecule has 0 amide bonds. The van der Waals surface area contributed by atoms with Gasteiger partial charge in [-0.2, -0.15) is 5.10 Å². The number of rotatable bonds is 5. The number of hydrogen-bond donors (Lipinski definition) is 3. The zero-order chi connectivity index (χ0) is 12.8. The molecule has 0 aromatic carbocycles. The molecule has 3 N–H and O–H groups in total. The minimum atomic E-state index is -1.27. The van der Waals surface area contributed by atoms with Gasteiger partial charge >= 0.3 is 11.9 Å². The number of carbonyl (C=O) groups excluding carboxylic acids is 1. The van der Waals surface area contributed by atoms with E-state index in [4.69, 9.17) is 10.2 Å². The summed E-state index contributed by atoms with van der Waals surface area (Å²) in [5.41, 5.74) is 0.372. The van der Waals surface area contributed by atoms with Crippen molar-refractivity contribution in [3.63, 3.8) is 0 Å². The van der Waals surface area contributed by atoms with Crippen molar-refractivity contribution >= 4 is 29.9 Å². The van der Waals surface area contributed by atoms with Crippen LogP contribution in [-0.4, -0.2) is 38.6 Å². The van der Waals surface area contributed by atoms with E-state index in [0.717, 1.165) is 6.08 Å². The normalized spacial score (nSPS) is 11.6. The molecule has 0 atom stereocenters. The highest BCUT2D eigenvalue weighted by atomic mass is 16.4. The summed E-state index contributed by atoms with van der Waals surface area (Å²) in [5.74, 6) is -2.39. The molecule has 0 saturated carbocycles. The predicted octanol–water partition coefficient (Wildman–Crippen LogP) is 0.174. The number of carboxylic acids is 2. The maximum Gasteiger partial charge on any atom is 0.329 e. The second kappa shape index (κ2) is 5.40. The number of aldehydes is 1. The van der Waals surface area contributed by atoms with Crippen LogP contribution >= 0.6 is 0 Å². The number of hydrogen-bond acceptors (Lipinski definition) is 4. The van der Waals surface area contributed by atoms with Crippen LogP contribution in [0.25, 0.3) is 11.6 Å². The lowest BCUT2D eigenvalue weighted by Crippen LogP contribution is -1.93. The van der Waals surface area contributed by atoms with Crippen molar-refractivity contribution < 1.29 is 24.6 Å². The number of nitrogens with one attached hydrogen (secondary N) is 1. The van der Waals surface area contributed by atoms with Crippen LogP contribution in [0.5, 0.6) is 0 Å². The molecule has 7 heteroatoms. The van der Waals surface area contributed by atoms with Gasteiger partial charge < -0.3 is 10.2 Å². The predicted molar refractivity (Wildman–Crippen MR) is 56.9 cm³/mol. The Morgan fingerprint density at radius 2 is 2.00 bits per heavy atom. The Hall–Kier alpha value is -2.70. The third kappa shape index (κ3) is 3.74. The molecule has 1 heterocycles. The molecular formula is C10H8N2O5. The van der Waals surface area contributed by atoms with Gasteiger partial charge in [-0.15, -0.1) is 0 Å². The molecule has 17 heavy (non-hydrogen) atoms. The summed E-state index contributed by atoms with van der Waals surface area (Å²) < 4.78 is 0. The summed E-state index contributed by atoms with van der Waals surface area (Å²) in [7, 11) is 0. The SMILES string of the molecule is O=C/C(=C\C(=O)O)c1cc(/C=C/C(=O)O)[nH]n1. The van der Waals surface area contributed by atoms with E-state index in [2.05, 4.69) is 10.2 Å². The second-order valence-electron chi connectivity index (χ2n) is 2.94. The first kappa shape index (κ1) is 12.4. The highest BCUT2D eigenvalue weighted by Gasteiger charge is 2.07. The van der Waals surface area contributed by atoms with E-state index in [9.17, 15) is 14.4 Å². The van der Waals surface area contributed by atoms with Crippen molar-refractivity contribution in [1.82, 2.24) is 10.2 Å². The van der Waals surface area contributed by atoms with Gasteiger partial charge in [0, 0.05) is 17.7 Å². The molecule has 0 saturated heterocycles. The molecule has 1 rings (SSSR count). The Morgan fingerprint density at radius 3 is 2.53 bits per heavy atom. The molecule has 0 spiro atoms. The van der Waals surface area contributed by atoms with Crippen molar-refractivity contribution in [2.75, 3.05) is 0 Å². The standard InChI is InChI=1S/C10H8N2O5/c13-5-6(3-10(16)17)8-4-7(11-12-8)1-2-9(14)15/h1-5H,(H,11,12)(H,14,15)(H,16,17)/b2-1+,6-3+. The summed E-state index contributed by atoms with van der Waals surface area (Å²) >= 11 is 0. The largest absolute Gasteiger partial charge is 0.478 e. The summed E-state index contributed by atoms with van der Waals surface area (Å²) in [5, 5.41) is 23.0. The molecule has 7 nitrogen and oxygen atoms in total. The fraction of sp³-hybridized carbons (Fsp3) is 0. The third-order valence-electron chi connectivity index (χ3n) is 1.70. The van der Waals surface area contributed by atoms with Crippen LogP contribution in [0.15, 0.2) is 18.2 Å². The average molecular weight is 236 g/mol. The highest BCUT2D eigenvalue weighted by Crippen LogP contribution is 2.11. The van der Waals surface area contributed by atoms with E-state index < -0.39 is 11.9 Å². The van der Waals surface area contributed by atoms with Gasteiger partial charge in [-0.05, 0) is 12.1 Å². The number of aliphatic carboxylic acids is 2. The zero-order valence-electron chi connectivity index (χ0n) is 8.45. The quantitative estimate of drug-likeness (QED) is 0.495. The number of H-pyrrole nitrogens is 1. The van der Waals surface area contributed by atoms with Crippen LogP contribution < -0.4 is 0 Å². The van der Waals surface area contributed by atoms with Crippen LogP contribution in [0.4, 0.5) is 0 Å². The first-order chi connectivity index (χ1) is 8.02. The fourth-order valence-corrected chi connectivity index (χ4v) is 1.03. The van der Waals surface area contributed by atoms with Crippen molar-refractivity contribution in [3.8, 4) is 0 Å². The molecule has 88 valence electrons. The zero-order valence-corrected chi connectivity index (χ0v) is 8.45. The van der Waals surface area contributed by atoms with E-state index in [0.29, 0.717) is 18.1 Å². The van der Waals surface area contributed by atoms with Gasteiger partial charge in [-0.1, -0.05) is 0 Å². The topological polar surface area (TPSA) is 120 Å². The van der Waals surface area contributed by atoms with E-state index in [1.807, 2.05) is 0 Å². The number of allylic oxidation sites excluding steroid dienone is 1. The fourth-order valence-electron chi connectivity index (χ4n) is 1.03. The molecule has 1 aromatic heterocycles. The Morgan fingerprint density at radius 1 is 1.29 bits per heavy atom. The summed E-state index contributed by atoms with van der Waals surface area (Å²) in [4.78, 5) is 31.3. The molecule has 0 unspecified atom stereocenters. The van der Waals surface area contributed by atoms with E-state index >= 15 is 0 Å². The molecule has 0 radical (unpaired) electrons. The lowest BCUT2D eigenvalue weighted by molar-refractivity contribution is -0.132. The molecule has 0 fully saturated rings. The summed E-state index contributed by atoms with van der Waals surface area (Å²) in [6, 6.07) is 1.36. The molecule has 0 aliphatic rings. The number of nitrogens with zero attached hydrogens (tertiary/aromatic N) is 1. The van der Waals surface area contributed by atoms with Crippen molar-refractivity contribution in [3.05, 3.63) is 29.6 Å². The Kier molecular flexibility index (Phi) is 3.93. The third-order valence-corrected chi connectivity index (χ3v) is 1.70. The van der Waals surface area contributed by atoms with Gasteiger partial charge in [-0.25, -0.2) is 9.59 Å². The van der Waals surface area contributed by atoms with E-state index in [-0.39, 0.29) is 11.3 Å². The van der Waals surface area contributed by atoms with Crippen LogP contribution in [-0.2, 0) is 14.4 Å². The molecule has 0 bridgehead atoms. The first-order valence-corrected chi connectivity index (χ1v) is 4.39. The maximum atomic E-state index is 10.6. The Bertz CT molecular complexity index is 513. The minimum absolute atomic E-state index is 0.108. The molecule has 1 aromatic rings. The van der Waals surface area contributed by atoms with Gasteiger partial charge in [0.15, 0.2) is 6.29 Å². The Balaban J connectivity index is 2.97. The molecular weight excluding hydrogens is 228 g/mol. The summed E-state index contributed by atoms with van der Waals surface area (Å²) in [6.45, 7) is 0. The van der Waals surface area contributed by atoms with E-state index in [1.165, 1.54) is 12.1 Å². The van der Waals surface area contributed by atoms with Gasteiger partial charge in [0.05, 0.1) is 11.4 Å². The smallest absolute Gasteiger partial charge is 0.329 e. The number of aromatic amines is 1. The molecule has 0 aliphatic heterocycles. The summed E-state index contributed by atoms with van der Waals surface area (Å²) in [6.07, 6.45) is 3.20. The van der Waals surface area contributed by atoms with Crippen molar-refractivity contribution in [1.29, 1.82) is 0 Å². The van der Waals surface area contributed by atoms with Crippen molar-refractivity contribution in [2.45, 2.75) is 0 Å². The van der Waals surface area contributed by atoms with Crippen molar-refractivity contribution in [2.24, 2.45) is 0 Å². The average Bonchev–Trinajstić information content (AvgIpc) is 2.71. The van der Waals surface area contributed by atoms with Gasteiger partial charge in [0.2, 0.25) is 0 Å². The molecule has 0 aliphatic carbocycles. The maximum absolute atomic E-state index is 10.6. The second-order valence-corrected chi connectivity index (χ2v) is 2.94. The first-order valence-electron chi connectivity index (χ1n) is 4.39. The lowest BCUT2D eigenvalue weighted by atomic mass is 10.2. The number of carboxylic acid groups (broad SMARTS) is 2. The van der Waals surface area contributed by atoms with Crippen LogP contribution in [0.1, 0.15) is 11.4 Å². The van der Waals surface area contributed by atoms with Crippen LogP contribution in [0, 0.1) is 0 Å². The van der Waals surface area contributed by atoms with Crippen LogP contribution in [0.3, 0.4) is 0 Å². The van der Waals surface area contributed by atoms with Gasteiger partial charge in [-0.3, -0.25) is 9.89 Å². The van der Waals surface area contributed by atoms with Gasteiger partial charge in [0.25, 0.3) is 0 Å².